The predicted molar refractivity (Wildman–Crippen MR) is 94.1 cm³/mol. The molecule has 3 N–H and O–H groups in total. The summed E-state index contributed by atoms with van der Waals surface area (Å²) in [7, 11) is -3.88. The Balaban J connectivity index is 1.79. The second kappa shape index (κ2) is 7.42. The van der Waals surface area contributed by atoms with Crippen molar-refractivity contribution in [2.75, 3.05) is 13.1 Å². The molecule has 2 heterocycles. The zero-order chi connectivity index (χ0) is 18.7. The standard InChI is InChI=1S/C16H21N5O4S/c1-11(14-17-16(23)19-18-14)20-26(24,25)13-7-5-6-12(10-13)15(22)21-8-3-2-4-9-21/h5-7,10-11,20H,2-4,8-9H2,1H3,(H2,17,18,19,23). The molecule has 3 rings (SSSR count). The van der Waals surface area contributed by atoms with Gasteiger partial charge < -0.3 is 4.90 Å². The van der Waals surface area contributed by atoms with Gasteiger partial charge in [0.15, 0.2) is 0 Å². The van der Waals surface area contributed by atoms with Crippen LogP contribution < -0.4 is 10.4 Å². The molecule has 1 fully saturated rings. The monoisotopic (exact) mass is 379 g/mol. The lowest BCUT2D eigenvalue weighted by molar-refractivity contribution is 0.0724. The minimum atomic E-state index is -3.88. The number of rotatable bonds is 5. The molecule has 0 spiro atoms. The van der Waals surface area contributed by atoms with Crippen LogP contribution >= 0.6 is 0 Å². The first-order valence-corrected chi connectivity index (χ1v) is 9.91. The first kappa shape index (κ1) is 18.3. The van der Waals surface area contributed by atoms with E-state index in [9.17, 15) is 18.0 Å². The zero-order valence-corrected chi connectivity index (χ0v) is 15.2. The van der Waals surface area contributed by atoms with Crippen LogP contribution in [0, 0.1) is 0 Å². The van der Waals surface area contributed by atoms with Gasteiger partial charge in [-0.1, -0.05) is 6.07 Å². The highest BCUT2D eigenvalue weighted by Crippen LogP contribution is 2.18. The summed E-state index contributed by atoms with van der Waals surface area (Å²) in [6.45, 7) is 2.95. The van der Waals surface area contributed by atoms with Crippen molar-refractivity contribution >= 4 is 15.9 Å². The highest BCUT2D eigenvalue weighted by Gasteiger charge is 2.23. The largest absolute Gasteiger partial charge is 0.340 e. The summed E-state index contributed by atoms with van der Waals surface area (Å²) in [6, 6.07) is 5.23. The number of sulfonamides is 1. The van der Waals surface area contributed by atoms with Gasteiger partial charge in [-0.15, -0.1) is 0 Å². The highest BCUT2D eigenvalue weighted by atomic mass is 32.2. The van der Waals surface area contributed by atoms with E-state index >= 15 is 0 Å². The summed E-state index contributed by atoms with van der Waals surface area (Å²) in [5, 5.41) is 5.91. The Morgan fingerprint density at radius 2 is 2.00 bits per heavy atom. The third-order valence-corrected chi connectivity index (χ3v) is 5.83. The number of nitrogens with one attached hydrogen (secondary N) is 3. The van der Waals surface area contributed by atoms with E-state index in [0.717, 1.165) is 19.3 Å². The van der Waals surface area contributed by atoms with Crippen LogP contribution in [0.15, 0.2) is 34.0 Å². The van der Waals surface area contributed by atoms with Crippen molar-refractivity contribution in [3.05, 3.63) is 46.1 Å². The molecule has 1 aromatic carbocycles. The molecule has 0 bridgehead atoms. The van der Waals surface area contributed by atoms with Gasteiger partial charge in [-0.05, 0) is 44.4 Å². The summed E-state index contributed by atoms with van der Waals surface area (Å²) in [6.07, 6.45) is 3.03. The molecule has 1 aromatic heterocycles. The van der Waals surface area contributed by atoms with Crippen LogP contribution in [0.4, 0.5) is 0 Å². The number of carbonyl (C=O) groups is 1. The molecule has 1 unspecified atom stereocenters. The first-order chi connectivity index (χ1) is 12.4. The molecule has 26 heavy (non-hydrogen) atoms. The molecular weight excluding hydrogens is 358 g/mol. The Bertz CT molecular complexity index is 943. The molecule has 0 saturated carbocycles. The number of hydrogen-bond donors (Lipinski definition) is 3. The Labute approximate surface area is 150 Å². The van der Waals surface area contributed by atoms with Gasteiger partial charge in [0.2, 0.25) is 10.0 Å². The molecule has 9 nitrogen and oxygen atoms in total. The summed E-state index contributed by atoms with van der Waals surface area (Å²) in [5.41, 5.74) is -0.171. The Morgan fingerprint density at radius 1 is 1.27 bits per heavy atom. The SMILES string of the molecule is CC(NS(=O)(=O)c1cccc(C(=O)N2CCCCC2)c1)c1n[nH]c(=O)[nH]1. The van der Waals surface area contributed by atoms with E-state index < -0.39 is 21.8 Å². The van der Waals surface area contributed by atoms with Gasteiger partial charge >= 0.3 is 5.69 Å². The predicted octanol–water partition coefficient (Wildman–Crippen LogP) is 0.764. The van der Waals surface area contributed by atoms with Crippen LogP contribution in [0.2, 0.25) is 0 Å². The van der Waals surface area contributed by atoms with Crippen LogP contribution in [0.5, 0.6) is 0 Å². The van der Waals surface area contributed by atoms with Gasteiger partial charge in [-0.25, -0.2) is 23.0 Å². The summed E-state index contributed by atoms with van der Waals surface area (Å²) in [5.74, 6) is 0.0190. The lowest BCUT2D eigenvalue weighted by Crippen LogP contribution is -2.35. The Hall–Kier alpha value is -2.46. The average molecular weight is 379 g/mol. The second-order valence-electron chi connectivity index (χ2n) is 6.29. The van der Waals surface area contributed by atoms with Crippen molar-refractivity contribution in [2.45, 2.75) is 37.1 Å². The Morgan fingerprint density at radius 3 is 2.65 bits per heavy atom. The molecule has 0 aliphatic carbocycles. The maximum absolute atomic E-state index is 12.6. The van der Waals surface area contributed by atoms with Crippen LogP contribution in [0.25, 0.3) is 0 Å². The molecule has 140 valence electrons. The molecule has 1 atom stereocenters. The van der Waals surface area contributed by atoms with Gasteiger partial charge in [0.1, 0.15) is 5.82 Å². The smallest absolute Gasteiger partial charge is 0.339 e. The Kier molecular flexibility index (Phi) is 5.23. The van der Waals surface area contributed by atoms with E-state index in [1.165, 1.54) is 12.1 Å². The number of amides is 1. The van der Waals surface area contributed by atoms with Crippen LogP contribution in [-0.4, -0.2) is 47.5 Å². The fourth-order valence-corrected chi connectivity index (χ4v) is 4.17. The average Bonchev–Trinajstić information content (AvgIpc) is 3.08. The number of likely N-dealkylation sites (tertiary alicyclic amines) is 1. The summed E-state index contributed by atoms with van der Waals surface area (Å²) in [4.78, 5) is 27.8. The maximum atomic E-state index is 12.6. The maximum Gasteiger partial charge on any atom is 0.340 e. The fourth-order valence-electron chi connectivity index (χ4n) is 2.92. The summed E-state index contributed by atoms with van der Waals surface area (Å²) < 4.78 is 27.7. The normalized spacial score (nSPS) is 16.4. The van der Waals surface area contributed by atoms with Crippen molar-refractivity contribution in [1.29, 1.82) is 0 Å². The van der Waals surface area contributed by atoms with Crippen molar-refractivity contribution in [3.8, 4) is 0 Å². The highest BCUT2D eigenvalue weighted by molar-refractivity contribution is 7.89. The van der Waals surface area contributed by atoms with Gasteiger partial charge in [0.25, 0.3) is 5.91 Å². The number of H-pyrrole nitrogens is 2. The van der Waals surface area contributed by atoms with Gasteiger partial charge in [-0.2, -0.15) is 5.10 Å². The molecule has 1 saturated heterocycles. The third-order valence-electron chi connectivity index (χ3n) is 4.30. The van der Waals surface area contributed by atoms with E-state index in [1.54, 1.807) is 24.0 Å². The number of carbonyl (C=O) groups excluding carboxylic acids is 1. The molecule has 1 aliphatic heterocycles. The molecule has 10 heteroatoms. The minimum absolute atomic E-state index is 0.00917. The van der Waals surface area contributed by atoms with E-state index in [-0.39, 0.29) is 16.6 Å². The van der Waals surface area contributed by atoms with Crippen molar-refractivity contribution in [3.63, 3.8) is 0 Å². The number of hydrogen-bond acceptors (Lipinski definition) is 5. The van der Waals surface area contributed by atoms with Crippen molar-refractivity contribution in [2.24, 2.45) is 0 Å². The fraction of sp³-hybridized carbons (Fsp3) is 0.438. The molecule has 1 aliphatic rings. The number of aromatic amines is 2. The topological polar surface area (TPSA) is 128 Å². The van der Waals surface area contributed by atoms with Crippen LogP contribution in [0.1, 0.15) is 48.4 Å². The zero-order valence-electron chi connectivity index (χ0n) is 14.4. The number of piperidine rings is 1. The van der Waals surface area contributed by atoms with Crippen LogP contribution in [0.3, 0.4) is 0 Å². The first-order valence-electron chi connectivity index (χ1n) is 8.43. The van der Waals surface area contributed by atoms with E-state index in [0.29, 0.717) is 18.7 Å². The van der Waals surface area contributed by atoms with Crippen LogP contribution in [-0.2, 0) is 10.0 Å². The van der Waals surface area contributed by atoms with Gasteiger partial charge in [-0.3, -0.25) is 9.78 Å². The number of benzene rings is 1. The van der Waals surface area contributed by atoms with Crippen molar-refractivity contribution < 1.29 is 13.2 Å². The van der Waals surface area contributed by atoms with E-state index in [4.69, 9.17) is 0 Å². The minimum Gasteiger partial charge on any atom is -0.339 e. The van der Waals surface area contributed by atoms with Gasteiger partial charge in [0, 0.05) is 18.7 Å². The second-order valence-corrected chi connectivity index (χ2v) is 8.00. The third kappa shape index (κ3) is 4.02. The number of nitrogens with zero attached hydrogens (tertiary/aromatic N) is 2. The molecule has 1 amide bonds. The van der Waals surface area contributed by atoms with E-state index in [2.05, 4.69) is 19.9 Å². The lowest BCUT2D eigenvalue weighted by atomic mass is 10.1. The lowest BCUT2D eigenvalue weighted by Gasteiger charge is -2.26. The van der Waals surface area contributed by atoms with Gasteiger partial charge in [0.05, 0.1) is 10.9 Å². The molecule has 2 aromatic rings. The van der Waals surface area contributed by atoms with Crippen molar-refractivity contribution in [1.82, 2.24) is 24.8 Å². The summed E-state index contributed by atoms with van der Waals surface area (Å²) >= 11 is 0. The number of aromatic nitrogens is 3. The molecule has 0 radical (unpaired) electrons. The molecular formula is C16H21N5O4S. The quantitative estimate of drug-likeness (QED) is 0.707. The van der Waals surface area contributed by atoms with E-state index in [1.807, 2.05) is 0 Å².